The van der Waals surface area contributed by atoms with Crippen LogP contribution in [0.1, 0.15) is 6.92 Å². The number of allylic oxidation sites excluding steroid dienone is 4. The first-order valence-electron chi connectivity index (χ1n) is 4.15. The van der Waals surface area contributed by atoms with E-state index >= 15 is 0 Å². The number of rotatable bonds is 0. The molecule has 2 aliphatic rings. The molecule has 66 valence electrons. The highest BCUT2D eigenvalue weighted by Gasteiger charge is 2.30. The standard InChI is InChI=1S/C10H9NO2/c1-6-3-2-4-7-8(5-6)10(13)11-9(7)12/h2-6H,1H3,(H,11,12,13). The Morgan fingerprint density at radius 2 is 1.92 bits per heavy atom. The molecule has 2 rings (SSSR count). The first-order valence-corrected chi connectivity index (χ1v) is 4.15. The quantitative estimate of drug-likeness (QED) is 0.551. The molecule has 2 amide bonds. The van der Waals surface area contributed by atoms with Crippen LogP contribution in [0.3, 0.4) is 0 Å². The Balaban J connectivity index is 2.52. The van der Waals surface area contributed by atoms with E-state index in [1.807, 2.05) is 19.1 Å². The van der Waals surface area contributed by atoms with Gasteiger partial charge in [0, 0.05) is 5.57 Å². The molecule has 3 heteroatoms. The van der Waals surface area contributed by atoms with Crippen molar-refractivity contribution in [1.82, 2.24) is 5.32 Å². The zero-order valence-electron chi connectivity index (χ0n) is 7.20. The highest BCUT2D eigenvalue weighted by atomic mass is 16.2. The van der Waals surface area contributed by atoms with Gasteiger partial charge in [-0.05, 0) is 12.0 Å². The van der Waals surface area contributed by atoms with E-state index in [-0.39, 0.29) is 17.7 Å². The van der Waals surface area contributed by atoms with Crippen molar-refractivity contribution >= 4 is 11.8 Å². The third-order valence-corrected chi connectivity index (χ3v) is 2.11. The van der Waals surface area contributed by atoms with Crippen LogP contribution in [-0.4, -0.2) is 11.8 Å². The summed E-state index contributed by atoms with van der Waals surface area (Å²) in [4.78, 5) is 22.5. The van der Waals surface area contributed by atoms with Crippen molar-refractivity contribution < 1.29 is 9.59 Å². The number of carbonyl (C=O) groups is 2. The fraction of sp³-hybridized carbons (Fsp3) is 0.200. The van der Waals surface area contributed by atoms with Gasteiger partial charge in [0.1, 0.15) is 0 Å². The third kappa shape index (κ3) is 1.22. The summed E-state index contributed by atoms with van der Waals surface area (Å²) in [6, 6.07) is 0. The molecule has 0 aromatic carbocycles. The van der Waals surface area contributed by atoms with Gasteiger partial charge in [-0.25, -0.2) is 0 Å². The molecule has 13 heavy (non-hydrogen) atoms. The maximum absolute atomic E-state index is 11.2. The minimum absolute atomic E-state index is 0.195. The second-order valence-electron chi connectivity index (χ2n) is 3.19. The summed E-state index contributed by atoms with van der Waals surface area (Å²) in [6.07, 6.45) is 7.23. The second-order valence-corrected chi connectivity index (χ2v) is 3.19. The van der Waals surface area contributed by atoms with Crippen LogP contribution >= 0.6 is 0 Å². The van der Waals surface area contributed by atoms with Crippen molar-refractivity contribution in [1.29, 1.82) is 0 Å². The van der Waals surface area contributed by atoms with Gasteiger partial charge in [0.25, 0.3) is 11.8 Å². The molecule has 1 aliphatic heterocycles. The van der Waals surface area contributed by atoms with E-state index in [1.54, 1.807) is 12.2 Å². The minimum atomic E-state index is -0.296. The molecule has 1 aliphatic carbocycles. The highest BCUT2D eigenvalue weighted by molar-refractivity contribution is 6.24. The van der Waals surface area contributed by atoms with Crippen LogP contribution in [0, 0.1) is 5.92 Å². The molecular weight excluding hydrogens is 166 g/mol. The number of hydrogen-bond acceptors (Lipinski definition) is 2. The lowest BCUT2D eigenvalue weighted by atomic mass is 10.1. The van der Waals surface area contributed by atoms with Gasteiger partial charge in [0.15, 0.2) is 0 Å². The summed E-state index contributed by atoms with van der Waals surface area (Å²) in [7, 11) is 0. The largest absolute Gasteiger partial charge is 0.288 e. The summed E-state index contributed by atoms with van der Waals surface area (Å²) in [5.74, 6) is -0.387. The van der Waals surface area contributed by atoms with Crippen LogP contribution in [0.2, 0.25) is 0 Å². The molecule has 1 fully saturated rings. The Hall–Kier alpha value is -1.64. The van der Waals surface area contributed by atoms with Crippen LogP contribution in [0.15, 0.2) is 35.5 Å². The Morgan fingerprint density at radius 3 is 2.69 bits per heavy atom. The van der Waals surface area contributed by atoms with Gasteiger partial charge >= 0.3 is 0 Å². The van der Waals surface area contributed by atoms with Crippen molar-refractivity contribution in [3.05, 3.63) is 35.5 Å². The van der Waals surface area contributed by atoms with Crippen molar-refractivity contribution in [3.63, 3.8) is 0 Å². The molecule has 0 aromatic rings. The molecule has 0 radical (unpaired) electrons. The van der Waals surface area contributed by atoms with Gasteiger partial charge in [0.2, 0.25) is 0 Å². The fourth-order valence-corrected chi connectivity index (χ4v) is 1.46. The molecule has 1 saturated heterocycles. The zero-order valence-corrected chi connectivity index (χ0v) is 7.20. The van der Waals surface area contributed by atoms with Crippen molar-refractivity contribution in [3.8, 4) is 0 Å². The van der Waals surface area contributed by atoms with Gasteiger partial charge in [-0.15, -0.1) is 0 Å². The van der Waals surface area contributed by atoms with E-state index in [0.29, 0.717) is 11.1 Å². The van der Waals surface area contributed by atoms with Crippen LogP contribution in [0.25, 0.3) is 0 Å². The monoisotopic (exact) mass is 175 g/mol. The molecule has 1 unspecified atom stereocenters. The number of amides is 2. The van der Waals surface area contributed by atoms with E-state index in [4.69, 9.17) is 0 Å². The van der Waals surface area contributed by atoms with Crippen LogP contribution in [0.5, 0.6) is 0 Å². The van der Waals surface area contributed by atoms with E-state index in [0.717, 1.165) is 0 Å². The average molecular weight is 175 g/mol. The predicted molar refractivity (Wildman–Crippen MR) is 47.6 cm³/mol. The van der Waals surface area contributed by atoms with Gasteiger partial charge in [0.05, 0.1) is 5.57 Å². The highest BCUT2D eigenvalue weighted by Crippen LogP contribution is 2.22. The molecule has 1 atom stereocenters. The Kier molecular flexibility index (Phi) is 1.65. The van der Waals surface area contributed by atoms with Gasteiger partial charge in [-0.3, -0.25) is 14.9 Å². The lowest BCUT2D eigenvalue weighted by Gasteiger charge is -1.96. The summed E-state index contributed by atoms with van der Waals surface area (Å²) in [5.41, 5.74) is 0.980. The maximum Gasteiger partial charge on any atom is 0.258 e. The molecule has 3 nitrogen and oxygen atoms in total. The summed E-state index contributed by atoms with van der Waals surface area (Å²) in [6.45, 7) is 1.97. The van der Waals surface area contributed by atoms with Crippen LogP contribution in [-0.2, 0) is 9.59 Å². The molecule has 0 aromatic heterocycles. The minimum Gasteiger partial charge on any atom is -0.288 e. The molecule has 0 saturated carbocycles. The topological polar surface area (TPSA) is 46.2 Å². The first-order chi connectivity index (χ1) is 6.18. The van der Waals surface area contributed by atoms with E-state index < -0.39 is 0 Å². The second kappa shape index (κ2) is 2.69. The van der Waals surface area contributed by atoms with E-state index in [1.165, 1.54) is 0 Å². The maximum atomic E-state index is 11.2. The lowest BCUT2D eigenvalue weighted by Crippen LogP contribution is -2.20. The Bertz CT molecular complexity index is 374. The van der Waals surface area contributed by atoms with Crippen molar-refractivity contribution in [2.45, 2.75) is 6.92 Å². The number of nitrogens with one attached hydrogen (secondary N) is 1. The van der Waals surface area contributed by atoms with Gasteiger partial charge < -0.3 is 0 Å². The molecular formula is C10H9NO2. The van der Waals surface area contributed by atoms with Crippen molar-refractivity contribution in [2.75, 3.05) is 0 Å². The fourth-order valence-electron chi connectivity index (χ4n) is 1.46. The molecule has 1 N–H and O–H groups in total. The molecule has 0 spiro atoms. The summed E-state index contributed by atoms with van der Waals surface area (Å²) in [5, 5.41) is 2.26. The SMILES string of the molecule is CC1C=CC=C2C(=O)NC(=O)C2=C1. The van der Waals surface area contributed by atoms with E-state index in [2.05, 4.69) is 5.32 Å². The number of fused-ring (bicyclic) bond motifs is 1. The van der Waals surface area contributed by atoms with E-state index in [9.17, 15) is 9.59 Å². The Morgan fingerprint density at radius 1 is 1.23 bits per heavy atom. The molecule has 0 bridgehead atoms. The third-order valence-electron chi connectivity index (χ3n) is 2.11. The Labute approximate surface area is 75.8 Å². The smallest absolute Gasteiger partial charge is 0.258 e. The average Bonchev–Trinajstić information content (AvgIpc) is 2.28. The van der Waals surface area contributed by atoms with Gasteiger partial charge in [-0.2, -0.15) is 0 Å². The lowest BCUT2D eigenvalue weighted by molar-refractivity contribution is -0.123. The summed E-state index contributed by atoms with van der Waals surface area (Å²) < 4.78 is 0. The van der Waals surface area contributed by atoms with Crippen LogP contribution < -0.4 is 5.32 Å². The molecule has 1 heterocycles. The number of carbonyl (C=O) groups excluding carboxylic acids is 2. The first kappa shape index (κ1) is 7.98. The van der Waals surface area contributed by atoms with Gasteiger partial charge in [-0.1, -0.05) is 25.2 Å². The normalized spacial score (nSPS) is 26.1. The summed E-state index contributed by atoms with van der Waals surface area (Å²) >= 11 is 0. The predicted octanol–water partition coefficient (Wildman–Crippen LogP) is 0.702. The van der Waals surface area contributed by atoms with Crippen LogP contribution in [0.4, 0.5) is 0 Å². The number of hydrogen-bond donors (Lipinski definition) is 1. The zero-order chi connectivity index (χ0) is 9.42. The van der Waals surface area contributed by atoms with Crippen molar-refractivity contribution in [2.24, 2.45) is 5.92 Å². The number of imide groups is 1.